The summed E-state index contributed by atoms with van der Waals surface area (Å²) in [5.74, 6) is 3.23. The lowest BCUT2D eigenvalue weighted by Crippen LogP contribution is -2.50. The molecule has 22 heavy (non-hydrogen) atoms. The summed E-state index contributed by atoms with van der Waals surface area (Å²) in [5, 5.41) is 0. The average Bonchev–Trinajstić information content (AvgIpc) is 2.77. The van der Waals surface area contributed by atoms with Crippen LogP contribution in [0.5, 0.6) is 0 Å². The molecule has 0 unspecified atom stereocenters. The van der Waals surface area contributed by atoms with Crippen molar-refractivity contribution in [2.45, 2.75) is 79.1 Å². The largest absolute Gasteiger partial charge is 0.299 e. The highest BCUT2D eigenvalue weighted by atomic mass is 16.1. The van der Waals surface area contributed by atoms with Crippen LogP contribution in [-0.2, 0) is 4.79 Å². The number of Topliss-reactive ketones (excluding diaryl/α,β-unsaturated/α-hetero) is 1. The van der Waals surface area contributed by atoms with Gasteiger partial charge in [-0.25, -0.2) is 0 Å². The summed E-state index contributed by atoms with van der Waals surface area (Å²) in [6.45, 7) is 9.65. The van der Waals surface area contributed by atoms with Gasteiger partial charge in [-0.05, 0) is 73.5 Å². The third-order valence-electron chi connectivity index (χ3n) is 8.21. The Labute approximate surface area is 135 Å². The first-order valence-electron chi connectivity index (χ1n) is 9.58. The van der Waals surface area contributed by atoms with Crippen LogP contribution in [0.2, 0.25) is 0 Å². The van der Waals surface area contributed by atoms with Crippen molar-refractivity contribution in [1.82, 2.24) is 0 Å². The van der Waals surface area contributed by atoms with Crippen LogP contribution in [0.25, 0.3) is 0 Å². The summed E-state index contributed by atoms with van der Waals surface area (Å²) >= 11 is 0. The quantitative estimate of drug-likeness (QED) is 0.536. The van der Waals surface area contributed by atoms with Crippen LogP contribution in [0.15, 0.2) is 11.1 Å². The second kappa shape index (κ2) is 4.71. The minimum atomic E-state index is 0.301. The standard InChI is InChI=1S/C21H32O/c1-13-12-21(4)14(11-19(13)22)5-6-15-16-9-10-20(2,3)17(16)7-8-18(15)21/h13-15,18H,5-12H2,1-4H3/t13-,14+,15+,18+,21+/m1/s1. The minimum absolute atomic E-state index is 0.301. The van der Waals surface area contributed by atoms with E-state index in [1.807, 2.05) is 11.1 Å². The number of hydrogen-bond acceptors (Lipinski definition) is 1. The Morgan fingerprint density at radius 1 is 1.05 bits per heavy atom. The van der Waals surface area contributed by atoms with Gasteiger partial charge >= 0.3 is 0 Å². The third kappa shape index (κ3) is 1.93. The van der Waals surface area contributed by atoms with Crippen molar-refractivity contribution in [3.63, 3.8) is 0 Å². The highest BCUT2D eigenvalue weighted by Crippen LogP contribution is 2.63. The van der Waals surface area contributed by atoms with Gasteiger partial charge < -0.3 is 0 Å². The van der Waals surface area contributed by atoms with Crippen molar-refractivity contribution in [2.24, 2.45) is 34.5 Å². The number of rotatable bonds is 0. The maximum atomic E-state index is 12.2. The van der Waals surface area contributed by atoms with E-state index in [0.29, 0.717) is 28.4 Å². The lowest BCUT2D eigenvalue weighted by atomic mass is 9.48. The van der Waals surface area contributed by atoms with Gasteiger partial charge in [0.05, 0.1) is 0 Å². The molecule has 5 atom stereocenters. The normalized spacial score (nSPS) is 47.0. The first-order valence-corrected chi connectivity index (χ1v) is 9.58. The number of carbonyl (C=O) groups is 1. The molecule has 4 aliphatic rings. The second-order valence-electron chi connectivity index (χ2n) is 9.70. The van der Waals surface area contributed by atoms with Crippen molar-refractivity contribution >= 4 is 5.78 Å². The number of carbonyl (C=O) groups excluding carboxylic acids is 1. The van der Waals surface area contributed by atoms with Crippen LogP contribution in [0, 0.1) is 34.5 Å². The SMILES string of the molecule is C[C@@H]1C[C@@]2(C)[C@@H](CC[C@H]3C4=C(CC[C@@H]32)C(C)(C)CC4)CC1=O. The van der Waals surface area contributed by atoms with E-state index in [4.69, 9.17) is 0 Å². The zero-order valence-corrected chi connectivity index (χ0v) is 14.9. The monoisotopic (exact) mass is 300 g/mol. The molecule has 2 fully saturated rings. The van der Waals surface area contributed by atoms with Crippen molar-refractivity contribution in [1.29, 1.82) is 0 Å². The van der Waals surface area contributed by atoms with Crippen LogP contribution in [0.3, 0.4) is 0 Å². The fraction of sp³-hybridized carbons (Fsp3) is 0.857. The molecule has 0 bridgehead atoms. The first kappa shape index (κ1) is 15.0. The molecule has 0 heterocycles. The molecule has 0 N–H and O–H groups in total. The Bertz CT molecular complexity index is 540. The molecule has 122 valence electrons. The van der Waals surface area contributed by atoms with Crippen LogP contribution in [-0.4, -0.2) is 5.78 Å². The zero-order valence-electron chi connectivity index (χ0n) is 14.9. The highest BCUT2D eigenvalue weighted by molar-refractivity contribution is 5.82. The number of ketones is 1. The molecule has 1 nitrogen and oxygen atoms in total. The van der Waals surface area contributed by atoms with E-state index in [1.54, 1.807) is 0 Å². The van der Waals surface area contributed by atoms with Gasteiger partial charge in [0.1, 0.15) is 5.78 Å². The molecule has 0 aromatic heterocycles. The Morgan fingerprint density at radius 2 is 1.82 bits per heavy atom. The average molecular weight is 300 g/mol. The van der Waals surface area contributed by atoms with E-state index >= 15 is 0 Å². The fourth-order valence-corrected chi connectivity index (χ4v) is 6.88. The van der Waals surface area contributed by atoms with Crippen molar-refractivity contribution in [3.8, 4) is 0 Å². The molecule has 0 saturated heterocycles. The van der Waals surface area contributed by atoms with E-state index in [9.17, 15) is 4.79 Å². The Kier molecular flexibility index (Phi) is 3.20. The molecule has 0 aromatic carbocycles. The summed E-state index contributed by atoms with van der Waals surface area (Å²) in [4.78, 5) is 12.2. The molecule has 0 amide bonds. The Hall–Kier alpha value is -0.590. The van der Waals surface area contributed by atoms with Gasteiger partial charge in [0.2, 0.25) is 0 Å². The summed E-state index contributed by atoms with van der Waals surface area (Å²) < 4.78 is 0. The lowest BCUT2D eigenvalue weighted by molar-refractivity contribution is -0.136. The van der Waals surface area contributed by atoms with E-state index in [1.165, 1.54) is 38.5 Å². The van der Waals surface area contributed by atoms with Gasteiger partial charge in [0.15, 0.2) is 0 Å². The molecule has 1 heteroatoms. The summed E-state index contributed by atoms with van der Waals surface area (Å²) in [5.41, 5.74) is 4.59. The van der Waals surface area contributed by atoms with Gasteiger partial charge in [-0.2, -0.15) is 0 Å². The van der Waals surface area contributed by atoms with Gasteiger partial charge in [-0.3, -0.25) is 4.79 Å². The molecule has 2 saturated carbocycles. The Balaban J connectivity index is 1.68. The van der Waals surface area contributed by atoms with E-state index in [2.05, 4.69) is 27.7 Å². The van der Waals surface area contributed by atoms with Crippen molar-refractivity contribution < 1.29 is 4.79 Å². The van der Waals surface area contributed by atoms with Gasteiger partial charge in [-0.1, -0.05) is 38.8 Å². The summed E-state index contributed by atoms with van der Waals surface area (Å²) in [6.07, 6.45) is 10.2. The molecule has 0 aromatic rings. The van der Waals surface area contributed by atoms with Gasteiger partial charge in [0.25, 0.3) is 0 Å². The van der Waals surface area contributed by atoms with Crippen molar-refractivity contribution in [2.75, 3.05) is 0 Å². The minimum Gasteiger partial charge on any atom is -0.299 e. The molecule has 4 aliphatic carbocycles. The smallest absolute Gasteiger partial charge is 0.136 e. The number of hydrogen-bond donors (Lipinski definition) is 0. The molecular weight excluding hydrogens is 268 g/mol. The number of allylic oxidation sites excluding steroid dienone is 2. The molecule has 0 radical (unpaired) electrons. The Morgan fingerprint density at radius 3 is 2.59 bits per heavy atom. The number of fused-ring (bicyclic) bond motifs is 4. The highest BCUT2D eigenvalue weighted by Gasteiger charge is 2.55. The third-order valence-corrected chi connectivity index (χ3v) is 8.21. The second-order valence-corrected chi connectivity index (χ2v) is 9.70. The predicted octanol–water partition coefficient (Wildman–Crippen LogP) is 5.54. The van der Waals surface area contributed by atoms with Gasteiger partial charge in [-0.15, -0.1) is 0 Å². The van der Waals surface area contributed by atoms with Crippen LogP contribution in [0.4, 0.5) is 0 Å². The van der Waals surface area contributed by atoms with Crippen LogP contribution < -0.4 is 0 Å². The summed E-state index contributed by atoms with van der Waals surface area (Å²) in [7, 11) is 0. The maximum absolute atomic E-state index is 12.2. The summed E-state index contributed by atoms with van der Waals surface area (Å²) in [6, 6.07) is 0. The van der Waals surface area contributed by atoms with Crippen LogP contribution >= 0.6 is 0 Å². The topological polar surface area (TPSA) is 17.1 Å². The zero-order chi connectivity index (χ0) is 15.7. The van der Waals surface area contributed by atoms with Crippen molar-refractivity contribution in [3.05, 3.63) is 11.1 Å². The first-order chi connectivity index (χ1) is 10.3. The van der Waals surface area contributed by atoms with E-state index < -0.39 is 0 Å². The fourth-order valence-electron chi connectivity index (χ4n) is 6.88. The lowest BCUT2D eigenvalue weighted by Gasteiger charge is -2.57. The molecule has 0 aliphatic heterocycles. The van der Waals surface area contributed by atoms with E-state index in [0.717, 1.165) is 24.7 Å². The van der Waals surface area contributed by atoms with E-state index in [-0.39, 0.29) is 0 Å². The molecule has 4 rings (SSSR count). The predicted molar refractivity (Wildman–Crippen MR) is 90.5 cm³/mol. The van der Waals surface area contributed by atoms with Gasteiger partial charge in [0, 0.05) is 12.3 Å². The molecule has 0 spiro atoms. The molecular formula is C21H32O. The maximum Gasteiger partial charge on any atom is 0.136 e. The van der Waals surface area contributed by atoms with Crippen LogP contribution in [0.1, 0.15) is 79.1 Å².